The standard InChI is InChI=1S/C57H100N4O40/c1-16-29(58-17(2)69)37(79)47(26(13-66)90-16)99-53-31(60-19(4)71)38(80)46(27(14-67)94-53)96-52(88)44(86)45(22(74)7-9-89-56-49(41(83)35(77)24(11-64)92-56)97-51(87)30(59-18(3)70)33(75)21(73)6-8-62)98-57-50(42(84)36(78)25(12-65)93-57)101-54-32(61-20(5)72)39(81)48(28(15-68)95-54)100-55-43(85)40(82)34(76)23(10-63)91-55/h16,21-57,62-68,73-88H,6-15H2,1-5H3,(H,58,69)(H,59,70)(H,60,71)(H,61,72)/t16-,21+,22+,23?,24?,25?,26?,27?,28?,29?,30?,31?,32?,33?,34-,35+,36+,37?,38?,39?,40?,41?,42?,43?,44?,45?,46+,47+,48+,49?,50?,51-,52-,53-,54-,55-,56-,57+/m0/s1. The van der Waals surface area contributed by atoms with Crippen LogP contribution in [0.5, 0.6) is 0 Å². The van der Waals surface area contributed by atoms with Crippen molar-refractivity contribution in [2.45, 2.75) is 280 Å². The fourth-order valence-corrected chi connectivity index (χ4v) is 12.4. The van der Waals surface area contributed by atoms with E-state index in [-0.39, 0.29) is 0 Å². The third kappa shape index (κ3) is 21.2. The highest BCUT2D eigenvalue weighted by atomic mass is 16.8. The molecule has 44 nitrogen and oxygen atoms in total. The van der Waals surface area contributed by atoms with Gasteiger partial charge in [-0.15, -0.1) is 0 Å². The SMILES string of the molecule is CC(=O)NC1C(O)[C@H](O[C@@H]2OC(CO)[C@H](O)C(O)C2O)C(CO)O[C@H]1OC1C(O)[C@H](O)C(CO)O[C@@H]1OC(C(O)[C@@H](O)O[C@@H]1C(CO)O[C@@H](O[C@@H]2C(CO)O[C@@H](C)C(NC(C)=O)C2O)C(NC(C)=O)C1O)[C@H](O)CCO[C@H]1OC(CO)[C@@H](O)C(O)C1O[C@H](O)C(NC(C)=O)C(O)[C@H](O)CCO. The molecule has 4 amide bonds. The van der Waals surface area contributed by atoms with Gasteiger partial charge in [0.25, 0.3) is 0 Å². The van der Waals surface area contributed by atoms with Gasteiger partial charge in [-0.1, -0.05) is 0 Å². The summed E-state index contributed by atoms with van der Waals surface area (Å²) in [5.41, 5.74) is 0. The molecule has 6 aliphatic heterocycles. The topological polar surface area (TPSA) is 702 Å². The van der Waals surface area contributed by atoms with Gasteiger partial charge in [-0.2, -0.15) is 0 Å². The normalized spacial score (nSPS) is 41.7. The fourth-order valence-electron chi connectivity index (χ4n) is 12.4. The predicted molar refractivity (Wildman–Crippen MR) is 318 cm³/mol. The number of amides is 4. The summed E-state index contributed by atoms with van der Waals surface area (Å²) in [4.78, 5) is 50.0. The molecule has 27 N–H and O–H groups in total. The van der Waals surface area contributed by atoms with E-state index >= 15 is 0 Å². The maximum atomic E-state index is 12.8. The molecule has 0 bridgehead atoms. The zero-order chi connectivity index (χ0) is 75.3. The molecule has 38 atom stereocenters. The van der Waals surface area contributed by atoms with E-state index in [4.69, 9.17) is 61.6 Å². The molecule has 6 heterocycles. The van der Waals surface area contributed by atoms with Crippen LogP contribution in [0, 0.1) is 0 Å². The summed E-state index contributed by atoms with van der Waals surface area (Å²) in [6, 6.07) is -6.93. The van der Waals surface area contributed by atoms with Crippen LogP contribution < -0.4 is 21.3 Å². The van der Waals surface area contributed by atoms with Crippen molar-refractivity contribution in [2.75, 3.05) is 52.9 Å². The molecule has 6 saturated heterocycles. The summed E-state index contributed by atoms with van der Waals surface area (Å²) in [5.74, 6) is -3.38. The van der Waals surface area contributed by atoms with Crippen molar-refractivity contribution in [1.82, 2.24) is 21.3 Å². The molecule has 22 unspecified atom stereocenters. The van der Waals surface area contributed by atoms with E-state index in [9.17, 15) is 137 Å². The van der Waals surface area contributed by atoms with E-state index < -0.39 is 322 Å². The average Bonchev–Trinajstić information content (AvgIpc) is 0.780. The summed E-state index contributed by atoms with van der Waals surface area (Å²) >= 11 is 0. The van der Waals surface area contributed by atoms with Crippen molar-refractivity contribution in [2.24, 2.45) is 0 Å². The second-order valence-corrected chi connectivity index (χ2v) is 25.2. The van der Waals surface area contributed by atoms with Gasteiger partial charge in [0.1, 0.15) is 165 Å². The molecule has 0 aliphatic carbocycles. The average molecular weight is 1480 g/mol. The molecule has 6 rings (SSSR count). The Morgan fingerprint density at radius 1 is 0.376 bits per heavy atom. The van der Waals surface area contributed by atoms with Crippen LogP contribution in [0.4, 0.5) is 0 Å². The van der Waals surface area contributed by atoms with Crippen LogP contribution in [0.2, 0.25) is 0 Å². The predicted octanol–water partition coefficient (Wildman–Crippen LogP) is -16.8. The molecule has 44 heteroatoms. The molecule has 0 aromatic rings. The number of nitrogens with one attached hydrogen (secondary N) is 4. The molecule has 0 radical (unpaired) electrons. The van der Waals surface area contributed by atoms with Gasteiger partial charge in [0.2, 0.25) is 23.6 Å². The second-order valence-electron chi connectivity index (χ2n) is 25.2. The number of rotatable bonds is 34. The molecule has 0 aromatic carbocycles. The first-order chi connectivity index (χ1) is 47.6. The Morgan fingerprint density at radius 2 is 0.782 bits per heavy atom. The molecular formula is C57H100N4O40. The van der Waals surface area contributed by atoms with Gasteiger partial charge in [0.05, 0.1) is 70.6 Å². The monoisotopic (exact) mass is 1480 g/mol. The van der Waals surface area contributed by atoms with E-state index in [0.29, 0.717) is 0 Å². The second kappa shape index (κ2) is 39.3. The Bertz CT molecular complexity index is 2530. The summed E-state index contributed by atoms with van der Waals surface area (Å²) in [5, 5.41) is 262. The Labute approximate surface area is 575 Å². The van der Waals surface area contributed by atoms with Crippen LogP contribution >= 0.6 is 0 Å². The number of carbonyl (C=O) groups excluding carboxylic acids is 4. The minimum Gasteiger partial charge on any atom is -0.396 e. The number of hydrogen-bond donors (Lipinski definition) is 27. The van der Waals surface area contributed by atoms with Crippen LogP contribution in [-0.4, -0.2) is 427 Å². The molecule has 101 heavy (non-hydrogen) atoms. The molecule has 6 fully saturated rings. The Balaban J connectivity index is 1.36. The van der Waals surface area contributed by atoms with Crippen LogP contribution in [-0.2, 0) is 80.8 Å². The maximum absolute atomic E-state index is 12.8. The highest BCUT2D eigenvalue weighted by molar-refractivity contribution is 5.74. The first kappa shape index (κ1) is 86.4. The molecule has 0 aromatic heterocycles. The summed E-state index contributed by atoms with van der Waals surface area (Å²) in [7, 11) is 0. The third-order valence-electron chi connectivity index (χ3n) is 17.8. The van der Waals surface area contributed by atoms with Gasteiger partial charge in [0, 0.05) is 34.3 Å². The third-order valence-corrected chi connectivity index (χ3v) is 17.8. The van der Waals surface area contributed by atoms with Crippen molar-refractivity contribution in [3.8, 4) is 0 Å². The number of ether oxygens (including phenoxy) is 13. The highest BCUT2D eigenvalue weighted by Gasteiger charge is 2.58. The van der Waals surface area contributed by atoms with Gasteiger partial charge in [0.15, 0.2) is 44.0 Å². The fraction of sp³-hybridized carbons (Fsp3) is 0.930. The molecule has 0 spiro atoms. The zero-order valence-corrected chi connectivity index (χ0v) is 55.2. The van der Waals surface area contributed by atoms with Crippen molar-refractivity contribution < 1.29 is 198 Å². The number of aliphatic hydroxyl groups is 23. The first-order valence-electron chi connectivity index (χ1n) is 32.3. The number of carbonyl (C=O) groups is 4. The number of aliphatic hydroxyl groups excluding tert-OH is 23. The lowest BCUT2D eigenvalue weighted by Gasteiger charge is -2.50. The molecule has 0 saturated carbocycles. The highest BCUT2D eigenvalue weighted by Crippen LogP contribution is 2.37. The van der Waals surface area contributed by atoms with Crippen LogP contribution in [0.1, 0.15) is 47.5 Å². The van der Waals surface area contributed by atoms with Gasteiger partial charge in [-0.25, -0.2) is 0 Å². The van der Waals surface area contributed by atoms with Gasteiger partial charge < -0.3 is 200 Å². The van der Waals surface area contributed by atoms with Crippen molar-refractivity contribution in [3.63, 3.8) is 0 Å². The first-order valence-corrected chi connectivity index (χ1v) is 32.3. The summed E-state index contributed by atoms with van der Waals surface area (Å²) in [6.07, 6.45) is -71.3. The van der Waals surface area contributed by atoms with E-state index in [1.165, 1.54) is 6.92 Å². The Hall–Kier alpha value is -3.56. The molecule has 588 valence electrons. The van der Waals surface area contributed by atoms with Gasteiger partial charge >= 0.3 is 0 Å². The minimum absolute atomic E-state index is 0.494. The van der Waals surface area contributed by atoms with Gasteiger partial charge in [-0.05, 0) is 19.8 Å². The largest absolute Gasteiger partial charge is 0.396 e. The smallest absolute Gasteiger partial charge is 0.217 e. The lowest BCUT2D eigenvalue weighted by Crippen LogP contribution is -2.70. The summed E-state index contributed by atoms with van der Waals surface area (Å²) < 4.78 is 75.7. The van der Waals surface area contributed by atoms with Crippen molar-refractivity contribution >= 4 is 23.6 Å². The van der Waals surface area contributed by atoms with E-state index in [0.717, 1.165) is 27.7 Å². The van der Waals surface area contributed by atoms with E-state index in [1.54, 1.807) is 0 Å². The molecular weight excluding hydrogens is 1380 g/mol. The minimum atomic E-state index is -2.86. The quantitative estimate of drug-likeness (QED) is 0.0266. The van der Waals surface area contributed by atoms with Crippen LogP contribution in [0.25, 0.3) is 0 Å². The lowest BCUT2D eigenvalue weighted by molar-refractivity contribution is -0.382. The Kier molecular flexibility index (Phi) is 33.6. The maximum Gasteiger partial charge on any atom is 0.217 e. The van der Waals surface area contributed by atoms with E-state index in [1.807, 2.05) is 0 Å². The number of hydrogen-bond acceptors (Lipinski definition) is 40. The van der Waals surface area contributed by atoms with Crippen molar-refractivity contribution in [3.05, 3.63) is 0 Å². The Morgan fingerprint density at radius 3 is 1.28 bits per heavy atom. The zero-order valence-electron chi connectivity index (χ0n) is 55.2. The van der Waals surface area contributed by atoms with E-state index in [2.05, 4.69) is 21.3 Å². The summed E-state index contributed by atoms with van der Waals surface area (Å²) in [6.45, 7) is -2.47. The van der Waals surface area contributed by atoms with Crippen LogP contribution in [0.3, 0.4) is 0 Å². The lowest BCUT2D eigenvalue weighted by atomic mass is 9.92. The van der Waals surface area contributed by atoms with Crippen LogP contribution in [0.15, 0.2) is 0 Å². The van der Waals surface area contributed by atoms with Crippen molar-refractivity contribution in [1.29, 1.82) is 0 Å². The van der Waals surface area contributed by atoms with Gasteiger partial charge in [-0.3, -0.25) is 19.2 Å². The molecule has 6 aliphatic rings.